The molecule has 0 unspecified atom stereocenters. The summed E-state index contributed by atoms with van der Waals surface area (Å²) in [6.45, 7) is 12.7. The molecule has 4 nitrogen and oxygen atoms in total. The van der Waals surface area contributed by atoms with Crippen LogP contribution < -0.4 is 0 Å². The lowest BCUT2D eigenvalue weighted by atomic mass is 9.64. The highest BCUT2D eigenvalue weighted by molar-refractivity contribution is 6.31. The van der Waals surface area contributed by atoms with Gasteiger partial charge in [0, 0.05) is 42.0 Å². The molecular formula is C26H35ClN2O2. The Bertz CT molecular complexity index is 874. The topological polar surface area (TPSA) is 40.6 Å². The van der Waals surface area contributed by atoms with E-state index in [4.69, 9.17) is 11.6 Å². The Morgan fingerprint density at radius 2 is 1.87 bits per heavy atom. The van der Waals surface area contributed by atoms with Crippen LogP contribution in [-0.2, 0) is 9.59 Å². The molecule has 0 radical (unpaired) electrons. The number of hydrogen-bond acceptors (Lipinski definition) is 2. The van der Waals surface area contributed by atoms with Crippen LogP contribution >= 0.6 is 11.6 Å². The summed E-state index contributed by atoms with van der Waals surface area (Å²) in [4.78, 5) is 29.7. The Kier molecular flexibility index (Phi) is 5.97. The molecule has 0 aromatic heterocycles. The highest BCUT2D eigenvalue weighted by atomic mass is 35.5. The largest absolute Gasteiger partial charge is 0.340 e. The second kappa shape index (κ2) is 8.27. The van der Waals surface area contributed by atoms with Crippen LogP contribution in [0.25, 0.3) is 0 Å². The highest BCUT2D eigenvalue weighted by Gasteiger charge is 2.50. The molecule has 2 amide bonds. The molecular weight excluding hydrogens is 408 g/mol. The fraction of sp³-hybridized carbons (Fsp3) is 0.615. The van der Waals surface area contributed by atoms with Gasteiger partial charge in [-0.1, -0.05) is 50.2 Å². The molecule has 0 bridgehead atoms. The van der Waals surface area contributed by atoms with Crippen LogP contribution in [-0.4, -0.2) is 47.3 Å². The minimum atomic E-state index is -0.00958. The number of benzene rings is 1. The van der Waals surface area contributed by atoms with Gasteiger partial charge in [0.25, 0.3) is 0 Å². The number of piperidine rings is 1. The van der Waals surface area contributed by atoms with E-state index >= 15 is 0 Å². The van der Waals surface area contributed by atoms with Gasteiger partial charge in [0.05, 0.1) is 0 Å². The van der Waals surface area contributed by atoms with Crippen LogP contribution in [0.4, 0.5) is 0 Å². The van der Waals surface area contributed by atoms with Crippen LogP contribution in [0, 0.1) is 16.7 Å². The molecule has 1 aliphatic carbocycles. The Morgan fingerprint density at radius 3 is 2.52 bits per heavy atom. The van der Waals surface area contributed by atoms with Crippen molar-refractivity contribution in [3.05, 3.63) is 47.5 Å². The third-order valence-corrected chi connectivity index (χ3v) is 8.32. The molecule has 4 rings (SSSR count). The second-order valence-corrected chi connectivity index (χ2v) is 11.3. The summed E-state index contributed by atoms with van der Waals surface area (Å²) in [5, 5.41) is 0.773. The van der Waals surface area contributed by atoms with Gasteiger partial charge in [0.1, 0.15) is 0 Å². The summed E-state index contributed by atoms with van der Waals surface area (Å²) in [7, 11) is 0. The van der Waals surface area contributed by atoms with E-state index in [-0.39, 0.29) is 34.6 Å². The van der Waals surface area contributed by atoms with Crippen LogP contribution in [0.5, 0.6) is 0 Å². The number of hydrogen-bond donors (Lipinski definition) is 0. The average molecular weight is 443 g/mol. The summed E-state index contributed by atoms with van der Waals surface area (Å²) in [5.41, 5.74) is 1.51. The lowest BCUT2D eigenvalue weighted by Crippen LogP contribution is -2.64. The van der Waals surface area contributed by atoms with E-state index in [0.717, 1.165) is 62.3 Å². The molecule has 3 fully saturated rings. The maximum absolute atomic E-state index is 13.8. The molecule has 5 heteroatoms. The van der Waals surface area contributed by atoms with E-state index < -0.39 is 0 Å². The lowest BCUT2D eigenvalue weighted by molar-refractivity contribution is -0.153. The lowest BCUT2D eigenvalue weighted by Gasteiger charge is -2.56. The van der Waals surface area contributed by atoms with Gasteiger partial charge in [-0.15, -0.1) is 0 Å². The van der Waals surface area contributed by atoms with Gasteiger partial charge in [-0.3, -0.25) is 9.59 Å². The van der Waals surface area contributed by atoms with Gasteiger partial charge in [-0.05, 0) is 68.1 Å². The molecule has 1 saturated carbocycles. The summed E-state index contributed by atoms with van der Waals surface area (Å²) < 4.78 is 0. The maximum atomic E-state index is 13.8. The van der Waals surface area contributed by atoms with E-state index in [1.165, 1.54) is 6.08 Å². The number of nitrogens with zero attached hydrogens (tertiary/aromatic N) is 2. The quantitative estimate of drug-likeness (QED) is 0.598. The van der Waals surface area contributed by atoms with E-state index in [9.17, 15) is 9.59 Å². The first-order chi connectivity index (χ1) is 14.6. The summed E-state index contributed by atoms with van der Waals surface area (Å²) in [6, 6.07) is 8.24. The molecule has 3 aliphatic rings. The Morgan fingerprint density at radius 1 is 1.16 bits per heavy atom. The minimum Gasteiger partial charge on any atom is -0.340 e. The normalized spacial score (nSPS) is 29.4. The zero-order chi connectivity index (χ0) is 22.4. The van der Waals surface area contributed by atoms with Crippen molar-refractivity contribution in [2.45, 2.75) is 64.8 Å². The first kappa shape index (κ1) is 22.4. The molecule has 0 N–H and O–H groups in total. The van der Waals surface area contributed by atoms with Crippen molar-refractivity contribution in [1.82, 2.24) is 9.80 Å². The van der Waals surface area contributed by atoms with Gasteiger partial charge in [-0.2, -0.15) is 0 Å². The fourth-order valence-corrected chi connectivity index (χ4v) is 6.55. The number of halogens is 1. The van der Waals surface area contributed by atoms with Crippen LogP contribution in [0.2, 0.25) is 5.02 Å². The zero-order valence-corrected chi connectivity index (χ0v) is 19.8. The number of rotatable bonds is 3. The van der Waals surface area contributed by atoms with E-state index in [0.29, 0.717) is 5.91 Å². The van der Waals surface area contributed by atoms with Gasteiger partial charge < -0.3 is 9.80 Å². The molecule has 31 heavy (non-hydrogen) atoms. The first-order valence-corrected chi connectivity index (χ1v) is 12.0. The van der Waals surface area contributed by atoms with Crippen molar-refractivity contribution >= 4 is 23.4 Å². The fourth-order valence-electron chi connectivity index (χ4n) is 6.28. The van der Waals surface area contributed by atoms with E-state index in [2.05, 4.69) is 38.3 Å². The molecule has 2 heterocycles. The van der Waals surface area contributed by atoms with Gasteiger partial charge >= 0.3 is 0 Å². The van der Waals surface area contributed by atoms with Gasteiger partial charge in [0.15, 0.2) is 0 Å². The number of likely N-dealkylation sites (tertiary alicyclic amines) is 2. The number of carbonyl (C=O) groups is 2. The molecule has 2 saturated heterocycles. The molecule has 168 valence electrons. The van der Waals surface area contributed by atoms with Crippen LogP contribution in [0.1, 0.15) is 64.4 Å². The Balaban J connectivity index is 1.49. The van der Waals surface area contributed by atoms with Gasteiger partial charge in [0.2, 0.25) is 11.8 Å². The van der Waals surface area contributed by atoms with Crippen molar-refractivity contribution in [3.8, 4) is 0 Å². The predicted molar refractivity (Wildman–Crippen MR) is 125 cm³/mol. The highest BCUT2D eigenvalue weighted by Crippen LogP contribution is 2.50. The van der Waals surface area contributed by atoms with Crippen molar-refractivity contribution in [1.29, 1.82) is 0 Å². The van der Waals surface area contributed by atoms with Gasteiger partial charge in [-0.25, -0.2) is 0 Å². The second-order valence-electron chi connectivity index (χ2n) is 10.9. The third kappa shape index (κ3) is 4.28. The van der Waals surface area contributed by atoms with Crippen molar-refractivity contribution in [2.75, 3.05) is 19.6 Å². The summed E-state index contributed by atoms with van der Waals surface area (Å²) in [5.74, 6) is 0.465. The zero-order valence-electron chi connectivity index (χ0n) is 19.1. The monoisotopic (exact) mass is 442 g/mol. The minimum absolute atomic E-state index is 0.00958. The SMILES string of the molecule is C=CC(=O)N1CC2(CCN(C(=O)[C@H]3CCC(C)(C)C[C@@H]3c3ccccc3Cl)[C@@H](C)C2)C1. The Hall–Kier alpha value is -1.81. The number of carbonyl (C=O) groups excluding carboxylic acids is 2. The summed E-state index contributed by atoms with van der Waals surface area (Å²) in [6.07, 6.45) is 6.30. The maximum Gasteiger partial charge on any atom is 0.245 e. The summed E-state index contributed by atoms with van der Waals surface area (Å²) >= 11 is 6.59. The molecule has 2 aliphatic heterocycles. The van der Waals surface area contributed by atoms with Crippen molar-refractivity contribution < 1.29 is 9.59 Å². The average Bonchev–Trinajstić information content (AvgIpc) is 2.70. The molecule has 1 aromatic carbocycles. The van der Waals surface area contributed by atoms with E-state index in [1.54, 1.807) is 0 Å². The third-order valence-electron chi connectivity index (χ3n) is 7.98. The first-order valence-electron chi connectivity index (χ1n) is 11.6. The Labute approximate surface area is 191 Å². The van der Waals surface area contributed by atoms with Crippen molar-refractivity contribution in [2.24, 2.45) is 16.7 Å². The van der Waals surface area contributed by atoms with E-state index in [1.807, 2.05) is 23.1 Å². The number of amides is 2. The molecule has 3 atom stereocenters. The van der Waals surface area contributed by atoms with Crippen LogP contribution in [0.3, 0.4) is 0 Å². The predicted octanol–water partition coefficient (Wildman–Crippen LogP) is 5.28. The van der Waals surface area contributed by atoms with Crippen molar-refractivity contribution in [3.63, 3.8) is 0 Å². The molecule has 1 spiro atoms. The molecule has 1 aromatic rings. The van der Waals surface area contributed by atoms with Crippen LogP contribution in [0.15, 0.2) is 36.9 Å². The standard InChI is InChI=1S/C26H35ClN2O2/c1-5-23(30)28-16-26(17-28)12-13-29(18(2)14-26)24(31)20-10-11-25(3,4)15-21(20)19-8-6-7-9-22(19)27/h5-9,18,20-21H,1,10-17H2,2-4H3/t18-,20-,21+/m0/s1. The smallest absolute Gasteiger partial charge is 0.245 e.